The monoisotopic (exact) mass is 462 g/mol. The standard InChI is InChI=1S/C25H26N4O5/c1-4-29-14-21(23(28-29)25(31)26-13-19-6-5-11-32-19)27-24(30)22-10-9-20(34-22)15-33-18-8-7-16(2)17(3)12-18/h5-12,14H,4,13,15H2,1-3H3,(H,26,31)(H,27,30). The number of benzene rings is 1. The predicted molar refractivity (Wildman–Crippen MR) is 125 cm³/mol. The molecule has 0 aliphatic rings. The van der Waals surface area contributed by atoms with E-state index >= 15 is 0 Å². The molecule has 0 saturated heterocycles. The van der Waals surface area contributed by atoms with Crippen LogP contribution in [-0.2, 0) is 19.7 Å². The SMILES string of the molecule is CCn1cc(NC(=O)c2ccc(COc3ccc(C)c(C)c3)o2)c(C(=O)NCc2ccco2)n1. The van der Waals surface area contributed by atoms with Crippen molar-refractivity contribution < 1.29 is 23.2 Å². The maximum atomic E-state index is 12.8. The zero-order chi connectivity index (χ0) is 24.1. The first kappa shape index (κ1) is 22.9. The smallest absolute Gasteiger partial charge is 0.291 e. The van der Waals surface area contributed by atoms with Crippen molar-refractivity contribution in [3.05, 3.63) is 89.0 Å². The van der Waals surface area contributed by atoms with Gasteiger partial charge in [-0.15, -0.1) is 0 Å². The van der Waals surface area contributed by atoms with E-state index in [2.05, 4.69) is 15.7 Å². The molecule has 0 aliphatic carbocycles. The van der Waals surface area contributed by atoms with Gasteiger partial charge in [0.2, 0.25) is 0 Å². The molecule has 4 rings (SSSR count). The number of nitrogens with zero attached hydrogens (tertiary/aromatic N) is 2. The van der Waals surface area contributed by atoms with Crippen LogP contribution in [0.15, 0.2) is 63.8 Å². The molecule has 0 spiro atoms. The number of rotatable bonds is 9. The number of carbonyl (C=O) groups excluding carboxylic acids is 2. The van der Waals surface area contributed by atoms with Crippen LogP contribution in [0.4, 0.5) is 5.69 Å². The number of anilines is 1. The van der Waals surface area contributed by atoms with Gasteiger partial charge >= 0.3 is 0 Å². The van der Waals surface area contributed by atoms with Crippen molar-refractivity contribution in [2.75, 3.05) is 5.32 Å². The summed E-state index contributed by atoms with van der Waals surface area (Å²) in [7, 11) is 0. The van der Waals surface area contributed by atoms with Crippen molar-refractivity contribution in [3.63, 3.8) is 0 Å². The van der Waals surface area contributed by atoms with Crippen LogP contribution in [0, 0.1) is 13.8 Å². The van der Waals surface area contributed by atoms with Gasteiger partial charge in [-0.3, -0.25) is 14.3 Å². The maximum absolute atomic E-state index is 12.8. The highest BCUT2D eigenvalue weighted by Crippen LogP contribution is 2.20. The van der Waals surface area contributed by atoms with Gasteiger partial charge in [-0.05, 0) is 68.3 Å². The maximum Gasteiger partial charge on any atom is 0.291 e. The van der Waals surface area contributed by atoms with Crippen LogP contribution in [0.2, 0.25) is 0 Å². The number of amides is 2. The molecule has 0 fully saturated rings. The van der Waals surface area contributed by atoms with Crippen molar-refractivity contribution in [1.82, 2.24) is 15.1 Å². The third-order valence-electron chi connectivity index (χ3n) is 5.30. The Balaban J connectivity index is 1.40. The van der Waals surface area contributed by atoms with Crippen LogP contribution in [0.5, 0.6) is 5.75 Å². The van der Waals surface area contributed by atoms with Gasteiger partial charge in [-0.1, -0.05) is 6.07 Å². The Morgan fingerprint density at radius 3 is 2.65 bits per heavy atom. The average Bonchev–Trinajstić information content (AvgIpc) is 3.59. The largest absolute Gasteiger partial charge is 0.486 e. The van der Waals surface area contributed by atoms with E-state index in [4.69, 9.17) is 13.6 Å². The molecule has 1 aromatic carbocycles. The molecule has 3 heterocycles. The fourth-order valence-electron chi connectivity index (χ4n) is 3.23. The summed E-state index contributed by atoms with van der Waals surface area (Å²) in [5.74, 6) is 1.02. The van der Waals surface area contributed by atoms with Crippen molar-refractivity contribution in [2.45, 2.75) is 40.5 Å². The summed E-state index contributed by atoms with van der Waals surface area (Å²) in [6, 6.07) is 12.6. The Hall–Kier alpha value is -4.27. The topological polar surface area (TPSA) is 112 Å². The van der Waals surface area contributed by atoms with Crippen molar-refractivity contribution in [2.24, 2.45) is 0 Å². The second-order valence-electron chi connectivity index (χ2n) is 7.76. The lowest BCUT2D eigenvalue weighted by Gasteiger charge is -2.07. The number of carbonyl (C=O) groups is 2. The average molecular weight is 463 g/mol. The fraction of sp³-hybridized carbons (Fsp3) is 0.240. The van der Waals surface area contributed by atoms with E-state index in [1.165, 1.54) is 11.8 Å². The Bertz CT molecular complexity index is 1290. The van der Waals surface area contributed by atoms with Crippen LogP contribution >= 0.6 is 0 Å². The number of hydrogen-bond acceptors (Lipinski definition) is 6. The molecule has 34 heavy (non-hydrogen) atoms. The van der Waals surface area contributed by atoms with E-state index < -0.39 is 11.8 Å². The summed E-state index contributed by atoms with van der Waals surface area (Å²) in [5.41, 5.74) is 2.71. The third kappa shape index (κ3) is 5.37. The molecule has 0 radical (unpaired) electrons. The number of hydrogen-bond donors (Lipinski definition) is 2. The fourth-order valence-corrected chi connectivity index (χ4v) is 3.23. The first-order valence-corrected chi connectivity index (χ1v) is 10.9. The molecule has 0 bridgehead atoms. The van der Waals surface area contributed by atoms with Crippen molar-refractivity contribution >= 4 is 17.5 Å². The molecule has 176 valence electrons. The Kier molecular flexibility index (Phi) is 6.82. The van der Waals surface area contributed by atoms with E-state index in [0.29, 0.717) is 18.1 Å². The van der Waals surface area contributed by atoms with Crippen LogP contribution in [0.3, 0.4) is 0 Å². The van der Waals surface area contributed by atoms with Gasteiger partial charge < -0.3 is 24.2 Å². The minimum Gasteiger partial charge on any atom is -0.486 e. The number of nitrogens with one attached hydrogen (secondary N) is 2. The molecular formula is C25H26N4O5. The number of aryl methyl sites for hydroxylation is 3. The van der Waals surface area contributed by atoms with E-state index in [0.717, 1.165) is 11.3 Å². The highest BCUT2D eigenvalue weighted by molar-refractivity contribution is 6.07. The summed E-state index contributed by atoms with van der Waals surface area (Å²) >= 11 is 0. The van der Waals surface area contributed by atoms with Crippen molar-refractivity contribution in [3.8, 4) is 5.75 Å². The molecule has 2 N–H and O–H groups in total. The molecule has 0 aliphatic heterocycles. The highest BCUT2D eigenvalue weighted by atomic mass is 16.5. The zero-order valence-corrected chi connectivity index (χ0v) is 19.3. The van der Waals surface area contributed by atoms with E-state index in [1.54, 1.807) is 35.1 Å². The molecule has 9 heteroatoms. The van der Waals surface area contributed by atoms with Crippen LogP contribution in [-0.4, -0.2) is 21.6 Å². The lowest BCUT2D eigenvalue weighted by molar-refractivity contribution is 0.0943. The molecular weight excluding hydrogens is 436 g/mol. The van der Waals surface area contributed by atoms with Gasteiger partial charge in [0.05, 0.1) is 18.5 Å². The molecule has 2 amide bonds. The van der Waals surface area contributed by atoms with Gasteiger partial charge in [0.25, 0.3) is 11.8 Å². The van der Waals surface area contributed by atoms with Crippen LogP contribution in [0.1, 0.15) is 50.6 Å². The first-order valence-electron chi connectivity index (χ1n) is 10.9. The van der Waals surface area contributed by atoms with Gasteiger partial charge in [0.15, 0.2) is 11.5 Å². The van der Waals surface area contributed by atoms with E-state index in [1.807, 2.05) is 39.0 Å². The summed E-state index contributed by atoms with van der Waals surface area (Å²) in [5, 5.41) is 9.72. The lowest BCUT2D eigenvalue weighted by atomic mass is 10.1. The van der Waals surface area contributed by atoms with Gasteiger partial charge in [-0.25, -0.2) is 0 Å². The van der Waals surface area contributed by atoms with Crippen molar-refractivity contribution in [1.29, 1.82) is 0 Å². The zero-order valence-electron chi connectivity index (χ0n) is 19.3. The summed E-state index contributed by atoms with van der Waals surface area (Å²) in [4.78, 5) is 25.4. The quantitative estimate of drug-likeness (QED) is 0.380. The number of ether oxygens (including phenoxy) is 1. The molecule has 9 nitrogen and oxygen atoms in total. The second kappa shape index (κ2) is 10.1. The first-order chi connectivity index (χ1) is 16.4. The lowest BCUT2D eigenvalue weighted by Crippen LogP contribution is -2.25. The Morgan fingerprint density at radius 2 is 1.91 bits per heavy atom. The minimum atomic E-state index is -0.492. The third-order valence-corrected chi connectivity index (χ3v) is 5.30. The summed E-state index contributed by atoms with van der Waals surface area (Å²) < 4.78 is 18.2. The Morgan fingerprint density at radius 1 is 1.06 bits per heavy atom. The minimum absolute atomic E-state index is 0.102. The van der Waals surface area contributed by atoms with Crippen LogP contribution < -0.4 is 15.4 Å². The Labute approximate surface area is 196 Å². The van der Waals surface area contributed by atoms with Gasteiger partial charge in [-0.2, -0.15) is 5.10 Å². The summed E-state index contributed by atoms with van der Waals surface area (Å²) in [6.45, 7) is 6.87. The van der Waals surface area contributed by atoms with E-state index in [9.17, 15) is 9.59 Å². The second-order valence-corrected chi connectivity index (χ2v) is 7.76. The molecule has 0 unspecified atom stereocenters. The molecule has 0 saturated carbocycles. The predicted octanol–water partition coefficient (Wildman–Crippen LogP) is 4.47. The van der Waals surface area contributed by atoms with Gasteiger partial charge in [0.1, 0.15) is 23.9 Å². The normalized spacial score (nSPS) is 10.8. The number of aromatic nitrogens is 2. The van der Waals surface area contributed by atoms with E-state index in [-0.39, 0.29) is 30.3 Å². The van der Waals surface area contributed by atoms with Crippen LogP contribution in [0.25, 0.3) is 0 Å². The molecule has 4 aromatic rings. The van der Waals surface area contributed by atoms with Gasteiger partial charge in [0, 0.05) is 12.7 Å². The summed E-state index contributed by atoms with van der Waals surface area (Å²) in [6.07, 6.45) is 3.13. The molecule has 0 atom stereocenters. The highest BCUT2D eigenvalue weighted by Gasteiger charge is 2.21. The number of furan rings is 2. The molecule has 3 aromatic heterocycles.